The first kappa shape index (κ1) is 13.7. The largest absolute Gasteiger partial charge is 0.458 e. The Balaban J connectivity index is 2.63. The van der Waals surface area contributed by atoms with Crippen LogP contribution in [0.25, 0.3) is 0 Å². The lowest BCUT2D eigenvalue weighted by Gasteiger charge is -2.30. The Morgan fingerprint density at radius 2 is 2.18 bits per heavy atom. The second-order valence-electron chi connectivity index (χ2n) is 5.17. The Morgan fingerprint density at radius 3 is 2.76 bits per heavy atom. The molecule has 0 saturated carbocycles. The fraction of sp³-hybridized carbons (Fsp3) is 0.692. The molecule has 1 aliphatic heterocycles. The highest BCUT2D eigenvalue weighted by Gasteiger charge is 2.28. The summed E-state index contributed by atoms with van der Waals surface area (Å²) in [6, 6.07) is -0.384. The lowest BCUT2D eigenvalue weighted by molar-refractivity contribution is -0.157. The van der Waals surface area contributed by atoms with Gasteiger partial charge in [-0.1, -0.05) is 13.3 Å². The number of esters is 1. The molecule has 1 atom stereocenters. The molecular weight excluding hydrogens is 216 g/mol. The van der Waals surface area contributed by atoms with Crippen molar-refractivity contribution in [2.45, 2.75) is 52.2 Å². The van der Waals surface area contributed by atoms with E-state index in [1.165, 1.54) is 0 Å². The number of carbonyl (C=O) groups excluding carboxylic acids is 1. The minimum absolute atomic E-state index is 0.235. The number of hydrogen-bond acceptors (Lipinski definition) is 4. The van der Waals surface area contributed by atoms with Crippen LogP contribution < -0.4 is 0 Å². The molecule has 1 aliphatic rings. The molecule has 0 aromatic rings. The highest BCUT2D eigenvalue weighted by Crippen LogP contribution is 2.13. The van der Waals surface area contributed by atoms with Crippen LogP contribution in [0, 0.1) is 0 Å². The Morgan fingerprint density at radius 1 is 1.47 bits per heavy atom. The highest BCUT2D eigenvalue weighted by atomic mass is 16.6. The first-order valence-corrected chi connectivity index (χ1v) is 6.12. The van der Waals surface area contributed by atoms with Crippen LogP contribution in [-0.4, -0.2) is 35.3 Å². The van der Waals surface area contributed by atoms with E-state index < -0.39 is 5.60 Å². The molecule has 0 N–H and O–H groups in total. The molecule has 4 nitrogen and oxygen atoms in total. The number of rotatable bonds is 4. The van der Waals surface area contributed by atoms with Crippen molar-refractivity contribution in [3.63, 3.8) is 0 Å². The smallest absolute Gasteiger partial charge is 0.334 e. The van der Waals surface area contributed by atoms with Gasteiger partial charge in [0.2, 0.25) is 0 Å². The van der Waals surface area contributed by atoms with Crippen molar-refractivity contribution in [3.05, 3.63) is 12.4 Å². The molecule has 0 radical (unpaired) electrons. The Labute approximate surface area is 103 Å². The molecule has 0 aliphatic carbocycles. The summed E-state index contributed by atoms with van der Waals surface area (Å²) >= 11 is 0. The van der Waals surface area contributed by atoms with Crippen molar-refractivity contribution in [2.24, 2.45) is 4.99 Å². The predicted molar refractivity (Wildman–Crippen MR) is 68.9 cm³/mol. The summed E-state index contributed by atoms with van der Waals surface area (Å²) in [5.41, 5.74) is -0.456. The van der Waals surface area contributed by atoms with E-state index in [9.17, 15) is 4.79 Å². The van der Waals surface area contributed by atoms with E-state index in [0.717, 1.165) is 19.4 Å². The van der Waals surface area contributed by atoms with Gasteiger partial charge in [0.25, 0.3) is 0 Å². The van der Waals surface area contributed by atoms with Gasteiger partial charge in [0.1, 0.15) is 5.60 Å². The summed E-state index contributed by atoms with van der Waals surface area (Å²) in [4.78, 5) is 18.0. The van der Waals surface area contributed by atoms with Gasteiger partial charge < -0.3 is 9.64 Å². The van der Waals surface area contributed by atoms with E-state index in [0.29, 0.717) is 0 Å². The van der Waals surface area contributed by atoms with Gasteiger partial charge in [-0.15, -0.1) is 0 Å². The van der Waals surface area contributed by atoms with Crippen molar-refractivity contribution < 1.29 is 9.53 Å². The number of ether oxygens (including phenoxy) is 1. The van der Waals surface area contributed by atoms with Crippen molar-refractivity contribution >= 4 is 12.2 Å². The lowest BCUT2D eigenvalue weighted by Crippen LogP contribution is -2.44. The maximum atomic E-state index is 12.0. The van der Waals surface area contributed by atoms with Crippen molar-refractivity contribution in [1.29, 1.82) is 0 Å². The van der Waals surface area contributed by atoms with Crippen LogP contribution in [0.5, 0.6) is 0 Å². The van der Waals surface area contributed by atoms with Gasteiger partial charge in [0, 0.05) is 25.2 Å². The van der Waals surface area contributed by atoms with Crippen molar-refractivity contribution in [2.75, 3.05) is 6.54 Å². The summed E-state index contributed by atoms with van der Waals surface area (Å²) < 4.78 is 5.38. The average molecular weight is 238 g/mol. The summed E-state index contributed by atoms with van der Waals surface area (Å²) in [5.74, 6) is -0.235. The zero-order chi connectivity index (χ0) is 12.9. The molecule has 4 heteroatoms. The van der Waals surface area contributed by atoms with Gasteiger partial charge in [-0.2, -0.15) is 0 Å². The number of unbranched alkanes of at least 4 members (excludes halogenated alkanes) is 1. The minimum Gasteiger partial charge on any atom is -0.458 e. The van der Waals surface area contributed by atoms with E-state index in [1.807, 2.05) is 31.9 Å². The molecule has 0 aromatic heterocycles. The molecule has 0 fully saturated rings. The molecule has 0 saturated heterocycles. The third kappa shape index (κ3) is 4.59. The summed E-state index contributed by atoms with van der Waals surface area (Å²) in [7, 11) is 0. The summed E-state index contributed by atoms with van der Waals surface area (Å²) in [5, 5.41) is 0. The third-order valence-corrected chi connectivity index (χ3v) is 2.35. The van der Waals surface area contributed by atoms with Crippen LogP contribution in [0.2, 0.25) is 0 Å². The molecule has 1 unspecified atom stereocenters. The number of nitrogens with zero attached hydrogens (tertiary/aromatic N) is 2. The number of carbonyl (C=O) groups is 1. The molecular formula is C13H22N2O2. The molecule has 1 rings (SSSR count). The first-order chi connectivity index (χ1) is 7.94. The van der Waals surface area contributed by atoms with Gasteiger partial charge >= 0.3 is 5.97 Å². The van der Waals surface area contributed by atoms with Crippen LogP contribution in [0.3, 0.4) is 0 Å². The second-order valence-corrected chi connectivity index (χ2v) is 5.17. The second kappa shape index (κ2) is 5.84. The predicted octanol–water partition coefficient (Wildman–Crippen LogP) is 2.35. The maximum absolute atomic E-state index is 12.0. The molecule has 17 heavy (non-hydrogen) atoms. The zero-order valence-corrected chi connectivity index (χ0v) is 11.1. The van der Waals surface area contributed by atoms with E-state index in [2.05, 4.69) is 11.9 Å². The van der Waals surface area contributed by atoms with E-state index in [1.54, 1.807) is 12.4 Å². The Bertz CT molecular complexity index is 316. The van der Waals surface area contributed by atoms with Gasteiger partial charge in [0.15, 0.2) is 6.04 Å². The Kier molecular flexibility index (Phi) is 4.73. The highest BCUT2D eigenvalue weighted by molar-refractivity contribution is 5.95. The topological polar surface area (TPSA) is 41.9 Å². The van der Waals surface area contributed by atoms with E-state index in [4.69, 9.17) is 4.74 Å². The quantitative estimate of drug-likeness (QED) is 0.706. The maximum Gasteiger partial charge on any atom is 0.334 e. The summed E-state index contributed by atoms with van der Waals surface area (Å²) in [6.07, 6.45) is 7.35. The molecule has 0 spiro atoms. The monoisotopic (exact) mass is 238 g/mol. The normalized spacial score (nSPS) is 19.5. The van der Waals surface area contributed by atoms with Crippen LogP contribution in [-0.2, 0) is 9.53 Å². The van der Waals surface area contributed by atoms with Gasteiger partial charge in [-0.25, -0.2) is 4.79 Å². The molecule has 96 valence electrons. The van der Waals surface area contributed by atoms with Crippen LogP contribution in [0.1, 0.15) is 40.5 Å². The van der Waals surface area contributed by atoms with E-state index >= 15 is 0 Å². The van der Waals surface area contributed by atoms with Crippen LogP contribution >= 0.6 is 0 Å². The average Bonchev–Trinajstić information content (AvgIpc) is 2.24. The molecule has 1 heterocycles. The zero-order valence-electron chi connectivity index (χ0n) is 11.1. The molecule has 0 aromatic carbocycles. The fourth-order valence-electron chi connectivity index (χ4n) is 1.55. The van der Waals surface area contributed by atoms with Crippen LogP contribution in [0.4, 0.5) is 0 Å². The minimum atomic E-state index is -0.456. The fourth-order valence-corrected chi connectivity index (χ4v) is 1.55. The van der Waals surface area contributed by atoms with Crippen molar-refractivity contribution in [3.8, 4) is 0 Å². The van der Waals surface area contributed by atoms with Crippen LogP contribution in [0.15, 0.2) is 17.4 Å². The van der Waals surface area contributed by atoms with Gasteiger partial charge in [-0.05, 0) is 27.2 Å². The van der Waals surface area contributed by atoms with Gasteiger partial charge in [0.05, 0.1) is 0 Å². The van der Waals surface area contributed by atoms with Gasteiger partial charge in [-0.3, -0.25) is 4.99 Å². The lowest BCUT2D eigenvalue weighted by atomic mass is 10.1. The van der Waals surface area contributed by atoms with E-state index in [-0.39, 0.29) is 12.0 Å². The third-order valence-electron chi connectivity index (χ3n) is 2.35. The molecule has 0 bridgehead atoms. The van der Waals surface area contributed by atoms with Crippen molar-refractivity contribution in [1.82, 2.24) is 4.90 Å². The Hall–Kier alpha value is -1.32. The molecule has 0 amide bonds. The summed E-state index contributed by atoms with van der Waals surface area (Å²) in [6.45, 7) is 8.60. The first-order valence-electron chi connectivity index (χ1n) is 6.12. The SMILES string of the molecule is CCCCN1C=CN=CC1C(=O)OC(C)(C)C. The number of aliphatic imine (C=N–C) groups is 1. The number of hydrogen-bond donors (Lipinski definition) is 0. The standard InChI is InChI=1S/C13H22N2O2/c1-5-6-8-15-9-7-14-10-11(15)12(16)17-13(2,3)4/h7,9-11H,5-6,8H2,1-4H3.